The van der Waals surface area contributed by atoms with Crippen molar-refractivity contribution in [1.29, 1.82) is 0 Å². The number of carbonyl (C=O) groups excluding carboxylic acids is 1. The van der Waals surface area contributed by atoms with Gasteiger partial charge in [0.2, 0.25) is 5.91 Å². The normalized spacial score (nSPS) is 10.2. The standard InChI is InChI=1S/C11H12N4O2/c1-8-2-3-9(6-10(8)16)13-11(17)7-15-5-4-12-14-15/h2-6,16H,7H2,1H3,(H,13,17). The van der Waals surface area contributed by atoms with Gasteiger partial charge < -0.3 is 10.4 Å². The van der Waals surface area contributed by atoms with Gasteiger partial charge in [0.25, 0.3) is 0 Å². The van der Waals surface area contributed by atoms with Gasteiger partial charge in [-0.15, -0.1) is 5.10 Å². The van der Waals surface area contributed by atoms with Crippen molar-refractivity contribution in [2.75, 3.05) is 5.32 Å². The molecule has 0 aliphatic heterocycles. The third kappa shape index (κ3) is 2.81. The number of rotatable bonds is 3. The molecule has 6 nitrogen and oxygen atoms in total. The summed E-state index contributed by atoms with van der Waals surface area (Å²) < 4.78 is 1.42. The first kappa shape index (κ1) is 11.1. The molecule has 0 saturated carbocycles. The fourth-order valence-corrected chi connectivity index (χ4v) is 1.35. The molecule has 2 aromatic rings. The highest BCUT2D eigenvalue weighted by Gasteiger charge is 2.05. The van der Waals surface area contributed by atoms with Crippen LogP contribution in [0, 0.1) is 6.92 Å². The highest BCUT2D eigenvalue weighted by atomic mass is 16.3. The van der Waals surface area contributed by atoms with E-state index >= 15 is 0 Å². The second-order valence-electron chi connectivity index (χ2n) is 3.65. The van der Waals surface area contributed by atoms with Crippen molar-refractivity contribution < 1.29 is 9.90 Å². The Hall–Kier alpha value is -2.37. The Balaban J connectivity index is 2.00. The minimum Gasteiger partial charge on any atom is -0.508 e. The van der Waals surface area contributed by atoms with Gasteiger partial charge in [0.1, 0.15) is 12.3 Å². The number of aromatic hydroxyl groups is 1. The second kappa shape index (κ2) is 4.65. The molecule has 1 heterocycles. The molecule has 0 saturated heterocycles. The number of hydrogen-bond donors (Lipinski definition) is 2. The number of carbonyl (C=O) groups is 1. The molecule has 1 aromatic heterocycles. The van der Waals surface area contributed by atoms with Gasteiger partial charge >= 0.3 is 0 Å². The van der Waals surface area contributed by atoms with Crippen LogP contribution in [0.15, 0.2) is 30.6 Å². The van der Waals surface area contributed by atoms with Crippen molar-refractivity contribution in [3.8, 4) is 5.75 Å². The molecule has 0 aliphatic rings. The average molecular weight is 232 g/mol. The Kier molecular flexibility index (Phi) is 3.04. The van der Waals surface area contributed by atoms with Crippen LogP contribution in [0.1, 0.15) is 5.56 Å². The molecule has 0 unspecified atom stereocenters. The predicted molar refractivity (Wildman–Crippen MR) is 61.5 cm³/mol. The van der Waals surface area contributed by atoms with E-state index in [2.05, 4.69) is 15.6 Å². The van der Waals surface area contributed by atoms with Crippen molar-refractivity contribution in [3.05, 3.63) is 36.2 Å². The van der Waals surface area contributed by atoms with Gasteiger partial charge in [-0.3, -0.25) is 4.79 Å². The summed E-state index contributed by atoms with van der Waals surface area (Å²) in [5.41, 5.74) is 1.32. The van der Waals surface area contributed by atoms with E-state index < -0.39 is 0 Å². The van der Waals surface area contributed by atoms with E-state index in [-0.39, 0.29) is 18.2 Å². The Labute approximate surface area is 97.9 Å². The van der Waals surface area contributed by atoms with Gasteiger partial charge in [-0.25, -0.2) is 4.68 Å². The first-order valence-electron chi connectivity index (χ1n) is 5.09. The van der Waals surface area contributed by atoms with Gasteiger partial charge in [-0.2, -0.15) is 0 Å². The molecular formula is C11H12N4O2. The molecule has 1 aromatic carbocycles. The topological polar surface area (TPSA) is 80.0 Å². The molecule has 2 rings (SSSR count). The van der Waals surface area contributed by atoms with Gasteiger partial charge in [-0.1, -0.05) is 11.3 Å². The maximum absolute atomic E-state index is 11.6. The van der Waals surface area contributed by atoms with E-state index in [0.717, 1.165) is 5.56 Å². The summed E-state index contributed by atoms with van der Waals surface area (Å²) >= 11 is 0. The number of hydrogen-bond acceptors (Lipinski definition) is 4. The molecule has 0 fully saturated rings. The maximum atomic E-state index is 11.6. The van der Waals surface area contributed by atoms with Crippen LogP contribution >= 0.6 is 0 Å². The molecular weight excluding hydrogens is 220 g/mol. The summed E-state index contributed by atoms with van der Waals surface area (Å²) in [6.07, 6.45) is 3.11. The lowest BCUT2D eigenvalue weighted by atomic mass is 10.2. The highest BCUT2D eigenvalue weighted by molar-refractivity contribution is 5.90. The number of aromatic nitrogens is 3. The number of benzene rings is 1. The van der Waals surface area contributed by atoms with Crippen molar-refractivity contribution in [2.24, 2.45) is 0 Å². The Bertz CT molecular complexity index is 522. The minimum absolute atomic E-state index is 0.0919. The smallest absolute Gasteiger partial charge is 0.246 e. The summed E-state index contributed by atoms with van der Waals surface area (Å²) in [7, 11) is 0. The van der Waals surface area contributed by atoms with Crippen molar-refractivity contribution in [3.63, 3.8) is 0 Å². The lowest BCUT2D eigenvalue weighted by molar-refractivity contribution is -0.116. The molecule has 2 N–H and O–H groups in total. The maximum Gasteiger partial charge on any atom is 0.246 e. The first-order chi connectivity index (χ1) is 8.15. The van der Waals surface area contributed by atoms with Crippen molar-refractivity contribution in [2.45, 2.75) is 13.5 Å². The number of amides is 1. The fraction of sp³-hybridized carbons (Fsp3) is 0.182. The van der Waals surface area contributed by atoms with Gasteiger partial charge in [0, 0.05) is 18.0 Å². The van der Waals surface area contributed by atoms with Crippen LogP contribution < -0.4 is 5.32 Å². The zero-order valence-electron chi connectivity index (χ0n) is 9.29. The molecule has 17 heavy (non-hydrogen) atoms. The highest BCUT2D eigenvalue weighted by Crippen LogP contribution is 2.20. The summed E-state index contributed by atoms with van der Waals surface area (Å²) in [4.78, 5) is 11.6. The summed E-state index contributed by atoms with van der Waals surface area (Å²) in [6.45, 7) is 1.88. The van der Waals surface area contributed by atoms with Crippen LogP contribution in [0.3, 0.4) is 0 Å². The number of phenolic OH excluding ortho intramolecular Hbond substituents is 1. The SMILES string of the molecule is Cc1ccc(NC(=O)Cn2ccnn2)cc1O. The molecule has 88 valence electrons. The summed E-state index contributed by atoms with van der Waals surface area (Å²) in [5, 5.41) is 19.4. The molecule has 0 radical (unpaired) electrons. The van der Waals surface area contributed by atoms with E-state index in [1.165, 1.54) is 16.9 Å². The Morgan fingerprint density at radius 3 is 3.00 bits per heavy atom. The minimum atomic E-state index is -0.223. The Morgan fingerprint density at radius 2 is 2.35 bits per heavy atom. The van der Waals surface area contributed by atoms with Crippen LogP contribution in [0.25, 0.3) is 0 Å². The number of anilines is 1. The lowest BCUT2D eigenvalue weighted by Gasteiger charge is -2.06. The van der Waals surface area contributed by atoms with Crippen LogP contribution in [-0.4, -0.2) is 26.0 Å². The molecule has 1 amide bonds. The largest absolute Gasteiger partial charge is 0.508 e. The average Bonchev–Trinajstić information content (AvgIpc) is 2.76. The second-order valence-corrected chi connectivity index (χ2v) is 3.65. The third-order valence-corrected chi connectivity index (χ3v) is 2.27. The fourth-order valence-electron chi connectivity index (χ4n) is 1.35. The monoisotopic (exact) mass is 232 g/mol. The van der Waals surface area contributed by atoms with Crippen LogP contribution in [0.5, 0.6) is 5.75 Å². The van der Waals surface area contributed by atoms with Gasteiger partial charge in [0.15, 0.2) is 0 Å². The molecule has 6 heteroatoms. The molecule has 0 atom stereocenters. The number of nitrogens with zero attached hydrogens (tertiary/aromatic N) is 3. The third-order valence-electron chi connectivity index (χ3n) is 2.27. The van der Waals surface area contributed by atoms with Gasteiger partial charge in [0.05, 0.1) is 6.20 Å². The number of nitrogens with one attached hydrogen (secondary N) is 1. The quantitative estimate of drug-likeness (QED) is 0.825. The van der Waals surface area contributed by atoms with E-state index in [0.29, 0.717) is 5.69 Å². The summed E-state index contributed by atoms with van der Waals surface area (Å²) in [6, 6.07) is 4.98. The van der Waals surface area contributed by atoms with Gasteiger partial charge in [-0.05, 0) is 18.6 Å². The van der Waals surface area contributed by atoms with Crippen LogP contribution in [-0.2, 0) is 11.3 Å². The van der Waals surface area contributed by atoms with E-state index in [1.54, 1.807) is 25.3 Å². The summed E-state index contributed by atoms with van der Waals surface area (Å²) in [5.74, 6) is -0.0673. The van der Waals surface area contributed by atoms with E-state index in [4.69, 9.17) is 0 Å². The zero-order valence-corrected chi connectivity index (χ0v) is 9.29. The molecule has 0 spiro atoms. The number of phenols is 1. The zero-order chi connectivity index (χ0) is 12.3. The predicted octanol–water partition coefficient (Wildman–Crippen LogP) is 0.931. The Morgan fingerprint density at radius 1 is 1.53 bits per heavy atom. The van der Waals surface area contributed by atoms with Crippen LogP contribution in [0.4, 0.5) is 5.69 Å². The van der Waals surface area contributed by atoms with Crippen molar-refractivity contribution >= 4 is 11.6 Å². The first-order valence-corrected chi connectivity index (χ1v) is 5.09. The van der Waals surface area contributed by atoms with Crippen molar-refractivity contribution in [1.82, 2.24) is 15.0 Å². The van der Waals surface area contributed by atoms with Crippen LogP contribution in [0.2, 0.25) is 0 Å². The lowest BCUT2D eigenvalue weighted by Crippen LogP contribution is -2.19. The molecule has 0 aliphatic carbocycles. The van der Waals surface area contributed by atoms with E-state index in [1.807, 2.05) is 0 Å². The molecule has 0 bridgehead atoms. The number of aryl methyl sites for hydroxylation is 1. The van der Waals surface area contributed by atoms with E-state index in [9.17, 15) is 9.90 Å².